The lowest BCUT2D eigenvalue weighted by Crippen LogP contribution is -2.26. The van der Waals surface area contributed by atoms with Crippen LogP contribution < -0.4 is 10.7 Å². The lowest BCUT2D eigenvalue weighted by molar-refractivity contribution is 0.432. The Kier molecular flexibility index (Phi) is 11.4. The highest BCUT2D eigenvalue weighted by atomic mass is 32.1. The number of amidine groups is 1. The van der Waals surface area contributed by atoms with Crippen LogP contribution in [0.1, 0.15) is 59.4 Å². The molecule has 10 rings (SSSR count). The van der Waals surface area contributed by atoms with Crippen molar-refractivity contribution in [1.82, 2.24) is 20.2 Å². The van der Waals surface area contributed by atoms with E-state index in [-0.39, 0.29) is 0 Å². The summed E-state index contributed by atoms with van der Waals surface area (Å²) in [5, 5.41) is 7.01. The number of aliphatic imine (C=N–C) groups is 2. The second-order valence-electron chi connectivity index (χ2n) is 11.8. The van der Waals surface area contributed by atoms with Gasteiger partial charge in [0.2, 0.25) is 0 Å². The minimum Gasteiger partial charge on any atom is -0.371 e. The molecule has 2 fully saturated rings. The summed E-state index contributed by atoms with van der Waals surface area (Å²) in [6.45, 7) is 6.37. The Morgan fingerprint density at radius 1 is 0.804 bits per heavy atom. The van der Waals surface area contributed by atoms with Crippen LogP contribution in [-0.2, 0) is 25.9 Å². The standard InChI is InChI=1S/2C8H8N2.C8H11N.C7H10N2.C6H7NS/c1-2-4-8-7(3-1)5-9-6-10-8;1-2-4-8-6-10-9-5-7(8)3-1;1-2-6-9-7-3-5-8(9)4-1;1-3-7-8-4-2-6-9(7)5-1;1-2-5-6(3-1)8-4-7-5/h1-4,6H,5H2,(H,9,10);1-5,10H,6H2;1-2,4H,3,5-7H2;2,4H,1,3,5-6H2;4H,1-3H2. The van der Waals surface area contributed by atoms with E-state index in [0.717, 1.165) is 26.2 Å². The summed E-state index contributed by atoms with van der Waals surface area (Å²) in [5.74, 6) is 1.29. The second kappa shape index (κ2) is 16.7. The van der Waals surface area contributed by atoms with Crippen molar-refractivity contribution in [2.45, 2.75) is 58.0 Å². The zero-order chi connectivity index (χ0) is 31.2. The van der Waals surface area contributed by atoms with Gasteiger partial charge in [-0.2, -0.15) is 5.10 Å². The Bertz CT molecular complexity index is 1530. The van der Waals surface area contributed by atoms with Crippen molar-refractivity contribution in [1.29, 1.82) is 0 Å². The number of hydrogen-bond acceptors (Lipinski definition) is 9. The molecule has 9 heteroatoms. The normalized spacial score (nSPS) is 18.3. The summed E-state index contributed by atoms with van der Waals surface area (Å²) in [5.41, 5.74) is 12.7. The van der Waals surface area contributed by atoms with Crippen molar-refractivity contribution >= 4 is 35.4 Å². The molecule has 2 saturated heterocycles. The van der Waals surface area contributed by atoms with Crippen molar-refractivity contribution in [3.8, 4) is 0 Å². The molecule has 238 valence electrons. The summed E-state index contributed by atoms with van der Waals surface area (Å²) in [4.78, 5) is 18.8. The van der Waals surface area contributed by atoms with Gasteiger partial charge in [0.05, 0.1) is 36.8 Å². The Hall–Kier alpha value is -4.50. The van der Waals surface area contributed by atoms with Gasteiger partial charge in [-0.15, -0.1) is 11.3 Å². The quantitative estimate of drug-likeness (QED) is 0.281. The molecular formula is C37H44N8S. The van der Waals surface area contributed by atoms with Crippen molar-refractivity contribution in [3.05, 3.63) is 118 Å². The number of para-hydroxylation sites is 1. The van der Waals surface area contributed by atoms with Gasteiger partial charge in [-0.3, -0.25) is 4.99 Å². The van der Waals surface area contributed by atoms with Crippen molar-refractivity contribution in [2.75, 3.05) is 31.5 Å². The predicted octanol–water partition coefficient (Wildman–Crippen LogP) is 6.94. The van der Waals surface area contributed by atoms with E-state index in [1.807, 2.05) is 42.2 Å². The highest BCUT2D eigenvalue weighted by molar-refractivity contribution is 7.09. The van der Waals surface area contributed by atoms with Crippen LogP contribution in [0.15, 0.2) is 105 Å². The molecule has 8 nitrogen and oxygen atoms in total. The molecule has 0 saturated carbocycles. The number of aromatic nitrogens is 1. The highest BCUT2D eigenvalue weighted by Crippen LogP contribution is 2.24. The van der Waals surface area contributed by atoms with Crippen molar-refractivity contribution in [2.24, 2.45) is 15.1 Å². The number of rotatable bonds is 0. The fourth-order valence-electron chi connectivity index (χ4n) is 6.13. The van der Waals surface area contributed by atoms with E-state index < -0.39 is 0 Å². The molecule has 0 spiro atoms. The minimum absolute atomic E-state index is 0.809. The van der Waals surface area contributed by atoms with E-state index in [2.05, 4.69) is 89.2 Å². The number of allylic oxidation sites excluding steroid dienone is 3. The maximum atomic E-state index is 4.25. The van der Waals surface area contributed by atoms with Gasteiger partial charge in [0, 0.05) is 55.1 Å². The zero-order valence-electron chi connectivity index (χ0n) is 26.5. The van der Waals surface area contributed by atoms with Gasteiger partial charge in [-0.25, -0.2) is 9.98 Å². The first-order valence-corrected chi connectivity index (χ1v) is 17.4. The third kappa shape index (κ3) is 8.81. The van der Waals surface area contributed by atoms with E-state index in [4.69, 9.17) is 0 Å². The maximum absolute atomic E-state index is 4.25. The van der Waals surface area contributed by atoms with Crippen LogP contribution in [0.3, 0.4) is 0 Å². The SMILES string of the molecule is C1=CCN2CCCC2=C1.C1=CN=C2CCCN2C1.C1=NCc2ccccc2N1.C1=NNCc2ccccc21.c1nc2c(s1)CCC2. The summed E-state index contributed by atoms with van der Waals surface area (Å²) in [7, 11) is 0. The number of nitrogens with one attached hydrogen (secondary N) is 2. The molecule has 3 aromatic rings. The summed E-state index contributed by atoms with van der Waals surface area (Å²) >= 11 is 1.80. The van der Waals surface area contributed by atoms with Crippen LogP contribution in [0.4, 0.5) is 5.69 Å². The molecule has 1 aliphatic carbocycles. The summed E-state index contributed by atoms with van der Waals surface area (Å²) < 4.78 is 0. The van der Waals surface area contributed by atoms with Gasteiger partial charge in [0.15, 0.2) is 0 Å². The average Bonchev–Trinajstić information content (AvgIpc) is 3.95. The van der Waals surface area contributed by atoms with Crippen LogP contribution >= 0.6 is 11.3 Å². The number of hydrazone groups is 1. The molecule has 7 aliphatic rings. The van der Waals surface area contributed by atoms with Crippen LogP contribution in [-0.4, -0.2) is 59.4 Å². The number of hydrogen-bond donors (Lipinski definition) is 2. The topological polar surface area (TPSA) is 80.5 Å². The molecule has 0 radical (unpaired) electrons. The lowest BCUT2D eigenvalue weighted by Gasteiger charge is -2.19. The Morgan fingerprint density at radius 3 is 2.52 bits per heavy atom. The Morgan fingerprint density at radius 2 is 1.65 bits per heavy atom. The van der Waals surface area contributed by atoms with Crippen molar-refractivity contribution < 1.29 is 0 Å². The second-order valence-corrected chi connectivity index (χ2v) is 12.7. The third-order valence-corrected chi connectivity index (χ3v) is 9.55. The molecule has 0 unspecified atom stereocenters. The molecule has 2 aromatic carbocycles. The molecule has 0 amide bonds. The van der Waals surface area contributed by atoms with Gasteiger partial charge in [-0.1, -0.05) is 54.6 Å². The smallest absolute Gasteiger partial charge is 0.104 e. The van der Waals surface area contributed by atoms with Gasteiger partial charge in [0.1, 0.15) is 5.84 Å². The van der Waals surface area contributed by atoms with Crippen LogP contribution in [0.5, 0.6) is 0 Å². The first-order chi connectivity index (χ1) is 22.8. The maximum Gasteiger partial charge on any atom is 0.104 e. The van der Waals surface area contributed by atoms with Gasteiger partial charge >= 0.3 is 0 Å². The molecule has 0 bridgehead atoms. The van der Waals surface area contributed by atoms with Gasteiger partial charge < -0.3 is 20.5 Å². The van der Waals surface area contributed by atoms with E-state index in [1.54, 1.807) is 17.7 Å². The minimum atomic E-state index is 0.809. The predicted molar refractivity (Wildman–Crippen MR) is 193 cm³/mol. The molecule has 6 aliphatic heterocycles. The number of aryl methyl sites for hydroxylation is 2. The van der Waals surface area contributed by atoms with Crippen LogP contribution in [0.25, 0.3) is 0 Å². The molecule has 2 N–H and O–H groups in total. The molecular weight excluding hydrogens is 589 g/mol. The fraction of sp³-hybridized carbons (Fsp3) is 0.351. The molecule has 46 heavy (non-hydrogen) atoms. The first kappa shape index (κ1) is 31.5. The number of anilines is 1. The number of nitrogens with zero attached hydrogens (tertiary/aromatic N) is 6. The van der Waals surface area contributed by atoms with E-state index >= 15 is 0 Å². The first-order valence-electron chi connectivity index (χ1n) is 16.5. The number of thiazole rings is 1. The molecule has 7 heterocycles. The molecule has 0 atom stereocenters. The van der Waals surface area contributed by atoms with E-state index in [0.29, 0.717) is 0 Å². The van der Waals surface area contributed by atoms with Crippen LogP contribution in [0.2, 0.25) is 0 Å². The summed E-state index contributed by atoms with van der Waals surface area (Å²) in [6.07, 6.45) is 23.2. The van der Waals surface area contributed by atoms with Crippen molar-refractivity contribution in [3.63, 3.8) is 0 Å². The van der Waals surface area contributed by atoms with Gasteiger partial charge in [0.25, 0.3) is 0 Å². The largest absolute Gasteiger partial charge is 0.371 e. The zero-order valence-corrected chi connectivity index (χ0v) is 27.3. The lowest BCUT2D eigenvalue weighted by atomic mass is 10.1. The third-order valence-electron chi connectivity index (χ3n) is 8.62. The molecule has 1 aromatic heterocycles. The Balaban J connectivity index is 0.000000101. The average molecular weight is 633 g/mol. The monoisotopic (exact) mass is 632 g/mol. The fourth-order valence-corrected chi connectivity index (χ4v) is 6.99. The van der Waals surface area contributed by atoms with E-state index in [1.165, 1.54) is 103 Å². The number of benzene rings is 2. The highest BCUT2D eigenvalue weighted by Gasteiger charge is 2.18. The van der Waals surface area contributed by atoms with Crippen LogP contribution in [0, 0.1) is 0 Å². The summed E-state index contributed by atoms with van der Waals surface area (Å²) in [6, 6.07) is 16.4. The van der Waals surface area contributed by atoms with Gasteiger partial charge in [-0.05, 0) is 73.4 Å². The number of fused-ring (bicyclic) bond motifs is 5. The Labute approximate surface area is 277 Å². The van der Waals surface area contributed by atoms with E-state index in [9.17, 15) is 0 Å².